The molecule has 0 N–H and O–H groups in total. The van der Waals surface area contributed by atoms with Gasteiger partial charge in [0.05, 0.1) is 17.9 Å². The highest BCUT2D eigenvalue weighted by molar-refractivity contribution is 6.17. The third-order valence-electron chi connectivity index (χ3n) is 2.95. The van der Waals surface area contributed by atoms with E-state index in [2.05, 4.69) is 0 Å². The Bertz CT molecular complexity index is 628. The number of alkyl halides is 1. The number of rotatable bonds is 6. The monoisotopic (exact) mass is 307 g/mol. The smallest absolute Gasteiger partial charge is 0.270 e. The topological polar surface area (TPSA) is 61.6 Å². The quantitative estimate of drug-likeness (QED) is 0.461. The lowest BCUT2D eigenvalue weighted by Gasteiger charge is -2.10. The van der Waals surface area contributed by atoms with Crippen LogP contribution in [0.2, 0.25) is 0 Å². The Morgan fingerprint density at radius 1 is 1.19 bits per heavy atom. The highest BCUT2D eigenvalue weighted by Gasteiger charge is 2.11. The van der Waals surface area contributed by atoms with Crippen LogP contribution in [0.25, 0.3) is 0 Å². The van der Waals surface area contributed by atoms with Gasteiger partial charge in [-0.2, -0.15) is 0 Å². The van der Waals surface area contributed by atoms with E-state index in [9.17, 15) is 10.1 Å². The molecule has 2 aromatic carbocycles. The van der Waals surface area contributed by atoms with Gasteiger partial charge in [-0.25, -0.2) is 0 Å². The molecule has 0 amide bonds. The zero-order valence-corrected chi connectivity index (χ0v) is 12.2. The molecule has 6 heteroatoms. The number of hydrogen-bond donors (Lipinski definition) is 0. The maximum absolute atomic E-state index is 10.7. The summed E-state index contributed by atoms with van der Waals surface area (Å²) in [5.41, 5.74) is 1.57. The van der Waals surface area contributed by atoms with Crippen LogP contribution in [0.1, 0.15) is 11.1 Å². The number of non-ortho nitro benzene ring substituents is 1. The summed E-state index contributed by atoms with van der Waals surface area (Å²) in [6.07, 6.45) is 0. The zero-order chi connectivity index (χ0) is 15.2. The predicted molar refractivity (Wildman–Crippen MR) is 80.0 cm³/mol. The van der Waals surface area contributed by atoms with Crippen molar-refractivity contribution < 1.29 is 14.4 Å². The van der Waals surface area contributed by atoms with Crippen molar-refractivity contribution in [2.24, 2.45) is 0 Å². The third-order valence-corrected chi connectivity index (χ3v) is 3.24. The van der Waals surface area contributed by atoms with Crippen molar-refractivity contribution in [1.82, 2.24) is 0 Å². The van der Waals surface area contributed by atoms with E-state index < -0.39 is 4.92 Å². The molecule has 0 spiro atoms. The molecule has 2 aromatic rings. The van der Waals surface area contributed by atoms with Gasteiger partial charge in [-0.1, -0.05) is 12.1 Å². The van der Waals surface area contributed by atoms with Crippen LogP contribution in [0.15, 0.2) is 42.5 Å². The summed E-state index contributed by atoms with van der Waals surface area (Å²) in [5, 5.41) is 10.7. The van der Waals surface area contributed by atoms with Crippen molar-refractivity contribution in [3.8, 4) is 11.5 Å². The standard InChI is InChI=1S/C15H14ClNO4/c1-20-14-5-2-11(3-6-14)10-21-15-7-4-13(17(18)19)8-12(15)9-16/h2-8H,9-10H2,1H3. The van der Waals surface area contributed by atoms with Crippen molar-refractivity contribution >= 4 is 17.3 Å². The Labute approximate surface area is 127 Å². The van der Waals surface area contributed by atoms with Crippen molar-refractivity contribution in [2.45, 2.75) is 12.5 Å². The van der Waals surface area contributed by atoms with E-state index >= 15 is 0 Å². The summed E-state index contributed by atoms with van der Waals surface area (Å²) in [6, 6.07) is 11.9. The molecule has 0 unspecified atom stereocenters. The van der Waals surface area contributed by atoms with Crippen molar-refractivity contribution in [3.05, 3.63) is 63.7 Å². The molecular weight excluding hydrogens is 294 g/mol. The lowest BCUT2D eigenvalue weighted by molar-refractivity contribution is -0.384. The van der Waals surface area contributed by atoms with Crippen LogP contribution in [0.3, 0.4) is 0 Å². The molecular formula is C15H14ClNO4. The molecule has 0 heterocycles. The van der Waals surface area contributed by atoms with E-state index in [0.717, 1.165) is 11.3 Å². The minimum Gasteiger partial charge on any atom is -0.497 e. The first kappa shape index (κ1) is 15.1. The van der Waals surface area contributed by atoms with Crippen LogP contribution >= 0.6 is 11.6 Å². The molecule has 0 saturated carbocycles. The molecule has 0 bridgehead atoms. The van der Waals surface area contributed by atoms with Crippen LogP contribution < -0.4 is 9.47 Å². The van der Waals surface area contributed by atoms with Gasteiger partial charge in [0.15, 0.2) is 0 Å². The number of benzene rings is 2. The van der Waals surface area contributed by atoms with Gasteiger partial charge in [-0.05, 0) is 23.8 Å². The normalized spacial score (nSPS) is 10.2. The van der Waals surface area contributed by atoms with Gasteiger partial charge in [-0.15, -0.1) is 11.6 Å². The summed E-state index contributed by atoms with van der Waals surface area (Å²) >= 11 is 5.81. The molecule has 0 saturated heterocycles. The summed E-state index contributed by atoms with van der Waals surface area (Å²) in [5.74, 6) is 1.47. The lowest BCUT2D eigenvalue weighted by atomic mass is 10.2. The minimum absolute atomic E-state index is 0.00227. The number of nitro benzene ring substituents is 1. The fraction of sp³-hybridized carbons (Fsp3) is 0.200. The van der Waals surface area contributed by atoms with E-state index in [1.165, 1.54) is 12.1 Å². The maximum Gasteiger partial charge on any atom is 0.270 e. The first-order valence-electron chi connectivity index (χ1n) is 6.23. The van der Waals surface area contributed by atoms with Gasteiger partial charge in [0, 0.05) is 17.7 Å². The Kier molecular flexibility index (Phi) is 5.00. The first-order valence-corrected chi connectivity index (χ1v) is 6.76. The molecule has 0 aliphatic carbocycles. The third kappa shape index (κ3) is 3.86. The SMILES string of the molecule is COc1ccc(COc2ccc([N+](=O)[O-])cc2CCl)cc1. The number of hydrogen-bond acceptors (Lipinski definition) is 4. The molecule has 0 aliphatic heterocycles. The molecule has 2 rings (SSSR count). The molecule has 21 heavy (non-hydrogen) atoms. The summed E-state index contributed by atoms with van der Waals surface area (Å²) in [7, 11) is 1.61. The molecule has 0 aliphatic rings. The van der Waals surface area contributed by atoms with Crippen LogP contribution in [0.5, 0.6) is 11.5 Å². The van der Waals surface area contributed by atoms with Gasteiger partial charge < -0.3 is 9.47 Å². The Morgan fingerprint density at radius 2 is 1.90 bits per heavy atom. The molecule has 110 valence electrons. The Balaban J connectivity index is 2.09. The number of nitrogens with zero attached hydrogens (tertiary/aromatic N) is 1. The van der Waals surface area contributed by atoms with Crippen molar-refractivity contribution in [2.75, 3.05) is 7.11 Å². The average molecular weight is 308 g/mol. The van der Waals surface area contributed by atoms with Crippen LogP contribution in [-0.2, 0) is 12.5 Å². The maximum atomic E-state index is 10.7. The van der Waals surface area contributed by atoms with E-state index in [1.807, 2.05) is 24.3 Å². The number of methoxy groups -OCH3 is 1. The highest BCUT2D eigenvalue weighted by atomic mass is 35.5. The minimum atomic E-state index is -0.455. The van der Waals surface area contributed by atoms with Gasteiger partial charge in [-0.3, -0.25) is 10.1 Å². The average Bonchev–Trinajstić information content (AvgIpc) is 2.53. The molecule has 5 nitrogen and oxygen atoms in total. The van der Waals surface area contributed by atoms with Gasteiger partial charge >= 0.3 is 0 Å². The van der Waals surface area contributed by atoms with Gasteiger partial charge in [0.25, 0.3) is 5.69 Å². The molecule has 0 fully saturated rings. The second-order valence-corrected chi connectivity index (χ2v) is 4.59. The molecule has 0 aromatic heterocycles. The largest absolute Gasteiger partial charge is 0.497 e. The fourth-order valence-electron chi connectivity index (χ4n) is 1.81. The fourth-order valence-corrected chi connectivity index (χ4v) is 2.02. The summed E-state index contributed by atoms with van der Waals surface area (Å²) < 4.78 is 10.8. The number of halogens is 1. The number of nitro groups is 1. The van der Waals surface area contributed by atoms with Gasteiger partial charge in [0.2, 0.25) is 0 Å². The second kappa shape index (κ2) is 6.95. The van der Waals surface area contributed by atoms with Crippen LogP contribution in [0, 0.1) is 10.1 Å². The van der Waals surface area contributed by atoms with E-state index in [4.69, 9.17) is 21.1 Å². The zero-order valence-electron chi connectivity index (χ0n) is 11.4. The summed E-state index contributed by atoms with van der Waals surface area (Å²) in [4.78, 5) is 10.3. The number of ether oxygens (including phenoxy) is 2. The predicted octanol–water partition coefficient (Wildman–Crippen LogP) is 3.92. The van der Waals surface area contributed by atoms with E-state index in [-0.39, 0.29) is 11.6 Å². The van der Waals surface area contributed by atoms with Crippen LogP contribution in [-0.4, -0.2) is 12.0 Å². The van der Waals surface area contributed by atoms with Crippen molar-refractivity contribution in [3.63, 3.8) is 0 Å². The van der Waals surface area contributed by atoms with E-state index in [1.54, 1.807) is 13.2 Å². The highest BCUT2D eigenvalue weighted by Crippen LogP contribution is 2.26. The molecule has 0 atom stereocenters. The summed E-state index contributed by atoms with van der Waals surface area (Å²) in [6.45, 7) is 0.353. The van der Waals surface area contributed by atoms with Gasteiger partial charge in [0.1, 0.15) is 18.1 Å². The molecule has 0 radical (unpaired) electrons. The first-order chi connectivity index (χ1) is 10.1. The second-order valence-electron chi connectivity index (χ2n) is 4.32. The van der Waals surface area contributed by atoms with Crippen LogP contribution in [0.4, 0.5) is 5.69 Å². The van der Waals surface area contributed by atoms with Crippen molar-refractivity contribution in [1.29, 1.82) is 0 Å². The van der Waals surface area contributed by atoms with E-state index in [0.29, 0.717) is 17.9 Å². The lowest BCUT2D eigenvalue weighted by Crippen LogP contribution is -1.99. The Morgan fingerprint density at radius 3 is 2.48 bits per heavy atom. The Hall–Kier alpha value is -2.27.